The number of anilines is 1. The normalized spacial score (nSPS) is 29.6. The van der Waals surface area contributed by atoms with E-state index in [0.29, 0.717) is 53.3 Å². The van der Waals surface area contributed by atoms with Gasteiger partial charge in [0.2, 0.25) is 0 Å². The van der Waals surface area contributed by atoms with Crippen molar-refractivity contribution < 1.29 is 19.0 Å². The van der Waals surface area contributed by atoms with E-state index in [2.05, 4.69) is 44.1 Å². The molecule has 0 radical (unpaired) electrons. The highest BCUT2D eigenvalue weighted by Gasteiger charge is 2.56. The van der Waals surface area contributed by atoms with E-state index in [0.717, 1.165) is 44.9 Å². The largest absolute Gasteiger partial charge is 0.507 e. The van der Waals surface area contributed by atoms with Gasteiger partial charge < -0.3 is 19.5 Å². The van der Waals surface area contributed by atoms with Crippen LogP contribution >= 0.6 is 0 Å². The SMILES string of the molecule is C[C@]12CCC[C@](C)(C1)[C@H](F)[C@H](N(c1cnc(-c3ccc(-c4cc5c(nn4)OCCO5)cc3O)nn1)C1CC1)C2. The molecule has 10 heteroatoms. The molecule has 0 amide bonds. The molecule has 204 valence electrons. The first-order valence-electron chi connectivity index (χ1n) is 13.9. The fourth-order valence-electron chi connectivity index (χ4n) is 7.16. The zero-order valence-corrected chi connectivity index (χ0v) is 22.3. The van der Waals surface area contributed by atoms with Crippen LogP contribution in [0.2, 0.25) is 0 Å². The molecule has 2 aromatic heterocycles. The van der Waals surface area contributed by atoms with Crippen LogP contribution in [-0.2, 0) is 0 Å². The number of rotatable bonds is 5. The molecule has 1 aliphatic heterocycles. The summed E-state index contributed by atoms with van der Waals surface area (Å²) in [4.78, 5) is 6.73. The number of hydrogen-bond acceptors (Lipinski definition) is 9. The molecule has 1 N–H and O–H groups in total. The number of alkyl halides is 1. The molecule has 0 spiro atoms. The van der Waals surface area contributed by atoms with Crippen molar-refractivity contribution in [3.05, 3.63) is 30.5 Å². The summed E-state index contributed by atoms with van der Waals surface area (Å²) in [6, 6.07) is 6.95. The lowest BCUT2D eigenvalue weighted by atomic mass is 9.54. The number of aromatic hydroxyl groups is 1. The Kier molecular flexibility index (Phi) is 5.64. The van der Waals surface area contributed by atoms with Gasteiger partial charge in [0, 0.05) is 23.1 Å². The molecule has 0 saturated heterocycles. The fourth-order valence-corrected chi connectivity index (χ4v) is 7.16. The van der Waals surface area contributed by atoms with E-state index >= 15 is 4.39 Å². The monoisotopic (exact) mass is 532 g/mol. The van der Waals surface area contributed by atoms with Gasteiger partial charge in [-0.05, 0) is 56.1 Å². The van der Waals surface area contributed by atoms with Crippen LogP contribution in [0.1, 0.15) is 58.8 Å². The van der Waals surface area contributed by atoms with Gasteiger partial charge >= 0.3 is 0 Å². The van der Waals surface area contributed by atoms with Crippen LogP contribution in [0, 0.1) is 10.8 Å². The predicted octanol–water partition coefficient (Wildman–Crippen LogP) is 5.14. The van der Waals surface area contributed by atoms with Crippen LogP contribution in [0.15, 0.2) is 30.5 Å². The Hall–Kier alpha value is -3.56. The number of benzene rings is 1. The van der Waals surface area contributed by atoms with Crippen molar-refractivity contribution >= 4 is 5.82 Å². The second-order valence-corrected chi connectivity index (χ2v) is 12.3. The zero-order valence-electron chi connectivity index (χ0n) is 22.3. The van der Waals surface area contributed by atoms with E-state index in [1.54, 1.807) is 24.4 Å². The Morgan fingerprint density at radius 1 is 1.03 bits per heavy atom. The van der Waals surface area contributed by atoms with Crippen LogP contribution in [0.4, 0.5) is 10.2 Å². The van der Waals surface area contributed by atoms with E-state index in [-0.39, 0.29) is 28.7 Å². The Labute approximate surface area is 226 Å². The maximum Gasteiger partial charge on any atom is 0.276 e. The van der Waals surface area contributed by atoms with Gasteiger partial charge in [0.15, 0.2) is 17.4 Å². The molecule has 2 bridgehead atoms. The van der Waals surface area contributed by atoms with Crippen molar-refractivity contribution in [2.45, 2.75) is 77.0 Å². The first kappa shape index (κ1) is 24.5. The second-order valence-electron chi connectivity index (χ2n) is 12.3. The average Bonchev–Trinajstić information content (AvgIpc) is 3.77. The van der Waals surface area contributed by atoms with E-state index in [1.165, 1.54) is 0 Å². The lowest BCUT2D eigenvalue weighted by Gasteiger charge is -2.56. The molecule has 7 rings (SSSR count). The molecule has 39 heavy (non-hydrogen) atoms. The number of fused-ring (bicyclic) bond motifs is 3. The first-order valence-corrected chi connectivity index (χ1v) is 13.9. The van der Waals surface area contributed by atoms with Gasteiger partial charge in [-0.3, -0.25) is 0 Å². The number of phenols is 1. The van der Waals surface area contributed by atoms with E-state index in [1.807, 2.05) is 6.07 Å². The minimum absolute atomic E-state index is 0.00238. The summed E-state index contributed by atoms with van der Waals surface area (Å²) in [6.07, 6.45) is 7.81. The maximum absolute atomic E-state index is 16.1. The Bertz CT molecular complexity index is 1400. The number of aromatic nitrogens is 5. The number of halogens is 1. The van der Waals surface area contributed by atoms with Gasteiger partial charge in [0.05, 0.1) is 23.5 Å². The quantitative estimate of drug-likeness (QED) is 0.478. The van der Waals surface area contributed by atoms with Crippen molar-refractivity contribution in [3.8, 4) is 40.0 Å². The summed E-state index contributed by atoms with van der Waals surface area (Å²) in [5.74, 6) is 1.82. The highest BCUT2D eigenvalue weighted by atomic mass is 19.1. The Balaban J connectivity index is 1.15. The van der Waals surface area contributed by atoms with Crippen molar-refractivity contribution in [2.24, 2.45) is 10.8 Å². The first-order chi connectivity index (χ1) is 18.8. The maximum atomic E-state index is 16.1. The van der Waals surface area contributed by atoms with Crippen molar-refractivity contribution in [1.82, 2.24) is 25.4 Å². The van der Waals surface area contributed by atoms with Crippen molar-refractivity contribution in [1.29, 1.82) is 0 Å². The predicted molar refractivity (Wildman–Crippen MR) is 142 cm³/mol. The molecular weight excluding hydrogens is 499 g/mol. The summed E-state index contributed by atoms with van der Waals surface area (Å²) in [6.45, 7) is 5.34. The lowest BCUT2D eigenvalue weighted by Crippen LogP contribution is -2.58. The summed E-state index contributed by atoms with van der Waals surface area (Å²) >= 11 is 0. The molecular formula is C29H33FN6O3. The number of ether oxygens (including phenoxy) is 2. The van der Waals surface area contributed by atoms with Gasteiger partial charge in [-0.15, -0.1) is 20.4 Å². The smallest absolute Gasteiger partial charge is 0.276 e. The molecule has 3 heterocycles. The highest BCUT2D eigenvalue weighted by Crippen LogP contribution is 2.58. The topological polar surface area (TPSA) is 106 Å². The second kappa shape index (κ2) is 8.99. The van der Waals surface area contributed by atoms with Gasteiger partial charge in [-0.2, -0.15) is 0 Å². The third-order valence-corrected chi connectivity index (χ3v) is 9.02. The Morgan fingerprint density at radius 2 is 1.87 bits per heavy atom. The lowest BCUT2D eigenvalue weighted by molar-refractivity contribution is -0.0554. The number of phenolic OH excluding ortho intramolecular Hbond substituents is 1. The summed E-state index contributed by atoms with van der Waals surface area (Å²) in [5, 5.41) is 28.0. The van der Waals surface area contributed by atoms with Crippen molar-refractivity contribution in [3.63, 3.8) is 0 Å². The minimum Gasteiger partial charge on any atom is -0.507 e. The van der Waals surface area contributed by atoms with Gasteiger partial charge in [-0.25, -0.2) is 9.37 Å². The number of nitrogens with zero attached hydrogens (tertiary/aromatic N) is 6. The van der Waals surface area contributed by atoms with E-state index in [9.17, 15) is 5.11 Å². The Morgan fingerprint density at radius 3 is 2.64 bits per heavy atom. The average molecular weight is 533 g/mol. The van der Waals surface area contributed by atoms with Crippen molar-refractivity contribution in [2.75, 3.05) is 18.1 Å². The molecule has 4 aliphatic rings. The third kappa shape index (κ3) is 4.33. The minimum atomic E-state index is -0.909. The summed E-state index contributed by atoms with van der Waals surface area (Å²) < 4.78 is 27.1. The molecule has 3 aromatic rings. The third-order valence-electron chi connectivity index (χ3n) is 9.02. The van der Waals surface area contributed by atoms with Gasteiger partial charge in [-0.1, -0.05) is 26.3 Å². The van der Waals surface area contributed by atoms with E-state index < -0.39 is 6.17 Å². The van der Waals surface area contributed by atoms with Crippen LogP contribution in [-0.4, -0.2) is 62.0 Å². The molecule has 3 fully saturated rings. The molecule has 3 aliphatic carbocycles. The molecule has 3 saturated carbocycles. The number of hydrogen-bond donors (Lipinski definition) is 1. The standard InChI is InChI=1S/C29H33FN6O3/c1-28-8-3-9-29(2,16-28)25(30)21(14-28)36(18-5-6-18)24-15-31-26(34-33-24)19-7-4-17(12-22(19)37)20-13-23-27(35-32-20)39-11-10-38-23/h4,7,12-13,15,18,21,25,37H,3,5-6,8-11,14,16H2,1-2H3/t21-,25-,28-,29-/m1/s1. The fraction of sp³-hybridized carbons (Fsp3) is 0.552. The van der Waals surface area contributed by atoms with Crippen LogP contribution in [0.5, 0.6) is 17.4 Å². The van der Waals surface area contributed by atoms with Crippen LogP contribution < -0.4 is 14.4 Å². The van der Waals surface area contributed by atoms with Crippen LogP contribution in [0.25, 0.3) is 22.6 Å². The van der Waals surface area contributed by atoms with E-state index in [4.69, 9.17) is 9.47 Å². The summed E-state index contributed by atoms with van der Waals surface area (Å²) in [5.41, 5.74) is 1.54. The molecule has 9 nitrogen and oxygen atoms in total. The molecule has 0 unspecified atom stereocenters. The molecule has 4 atom stereocenters. The van der Waals surface area contributed by atoms with Crippen LogP contribution in [0.3, 0.4) is 0 Å². The molecule has 1 aromatic carbocycles. The van der Waals surface area contributed by atoms with Gasteiger partial charge in [0.25, 0.3) is 5.88 Å². The highest BCUT2D eigenvalue weighted by molar-refractivity contribution is 5.72. The summed E-state index contributed by atoms with van der Waals surface area (Å²) in [7, 11) is 0. The zero-order chi connectivity index (χ0) is 26.8. The van der Waals surface area contributed by atoms with Gasteiger partial charge in [0.1, 0.15) is 25.1 Å².